The third-order valence-electron chi connectivity index (χ3n) is 5.25. The minimum atomic E-state index is -0.979. The molecule has 0 saturated heterocycles. The lowest BCUT2D eigenvalue weighted by atomic mass is 9.73. The van der Waals surface area contributed by atoms with Gasteiger partial charge in [-0.05, 0) is 42.0 Å². The van der Waals surface area contributed by atoms with Gasteiger partial charge in [0.15, 0.2) is 5.78 Å². The van der Waals surface area contributed by atoms with Crippen LogP contribution in [0.5, 0.6) is 0 Å². The lowest BCUT2D eigenvalue weighted by Crippen LogP contribution is -2.25. The lowest BCUT2D eigenvalue weighted by molar-refractivity contribution is -0.533. The predicted octanol–water partition coefficient (Wildman–Crippen LogP) is 5.63. The highest BCUT2D eigenvalue weighted by Crippen LogP contribution is 2.43. The van der Waals surface area contributed by atoms with Gasteiger partial charge >= 0.3 is 0 Å². The van der Waals surface area contributed by atoms with E-state index in [2.05, 4.69) is 0 Å². The molecule has 2 aromatic rings. The molecule has 3 rings (SSSR count). The maximum absolute atomic E-state index is 13.5. The molecule has 1 aliphatic carbocycles. The Morgan fingerprint density at radius 1 is 1.04 bits per heavy atom. The van der Waals surface area contributed by atoms with Crippen molar-refractivity contribution in [3.8, 4) is 0 Å². The van der Waals surface area contributed by atoms with Gasteiger partial charge in [-0.2, -0.15) is 0 Å². The van der Waals surface area contributed by atoms with Crippen LogP contribution in [-0.2, 0) is 4.79 Å². The Morgan fingerprint density at radius 3 is 2.25 bits per heavy atom. The van der Waals surface area contributed by atoms with Gasteiger partial charge in [-0.25, -0.2) is 4.39 Å². The van der Waals surface area contributed by atoms with Crippen LogP contribution in [0.3, 0.4) is 0 Å². The molecule has 5 heteroatoms. The third-order valence-corrected chi connectivity index (χ3v) is 5.25. The van der Waals surface area contributed by atoms with Crippen LogP contribution in [0.2, 0.25) is 0 Å². The maximum atomic E-state index is 13.5. The minimum Gasteiger partial charge on any atom is -0.295 e. The first-order chi connectivity index (χ1) is 13.2. The molecule has 2 atom stereocenters. The van der Waals surface area contributed by atoms with Crippen LogP contribution in [0.25, 0.3) is 0 Å². The molecule has 0 aromatic heterocycles. The highest BCUT2D eigenvalue weighted by molar-refractivity contribution is 5.91. The average Bonchev–Trinajstić information content (AvgIpc) is 2.61. The standard InChI is InChI=1S/C23H24FNO3/c1-23(2)14-16(12-20(26)15-23)13-21(17-8-10-19(24)11-9-17)22(25(27)28)18-6-4-3-5-7-18/h3-12,21-22H,13-15H2,1-2H3/t21-,22+/m1/s1. The van der Waals surface area contributed by atoms with Crippen LogP contribution in [0.4, 0.5) is 4.39 Å². The first-order valence-corrected chi connectivity index (χ1v) is 9.41. The van der Waals surface area contributed by atoms with E-state index >= 15 is 0 Å². The highest BCUT2D eigenvalue weighted by atomic mass is 19.1. The molecular weight excluding hydrogens is 357 g/mol. The van der Waals surface area contributed by atoms with E-state index in [0.717, 1.165) is 12.0 Å². The van der Waals surface area contributed by atoms with E-state index in [0.29, 0.717) is 24.0 Å². The van der Waals surface area contributed by atoms with E-state index in [1.807, 2.05) is 19.9 Å². The van der Waals surface area contributed by atoms with Crippen LogP contribution in [0, 0.1) is 21.3 Å². The molecule has 28 heavy (non-hydrogen) atoms. The van der Waals surface area contributed by atoms with Gasteiger partial charge in [0.2, 0.25) is 6.04 Å². The van der Waals surface area contributed by atoms with Gasteiger partial charge < -0.3 is 0 Å². The lowest BCUT2D eigenvalue weighted by Gasteiger charge is -2.31. The highest BCUT2D eigenvalue weighted by Gasteiger charge is 2.37. The molecule has 0 radical (unpaired) electrons. The summed E-state index contributed by atoms with van der Waals surface area (Å²) >= 11 is 0. The van der Waals surface area contributed by atoms with Crippen LogP contribution in [0.15, 0.2) is 66.2 Å². The monoisotopic (exact) mass is 381 g/mol. The number of carbonyl (C=O) groups excluding carboxylic acids is 1. The van der Waals surface area contributed by atoms with Crippen molar-refractivity contribution in [3.63, 3.8) is 0 Å². The number of benzene rings is 2. The van der Waals surface area contributed by atoms with E-state index in [4.69, 9.17) is 0 Å². The van der Waals surface area contributed by atoms with Gasteiger partial charge in [0.1, 0.15) is 5.82 Å². The largest absolute Gasteiger partial charge is 0.295 e. The Morgan fingerprint density at radius 2 is 1.68 bits per heavy atom. The zero-order chi connectivity index (χ0) is 20.3. The Hall–Kier alpha value is -2.82. The number of hydrogen-bond acceptors (Lipinski definition) is 3. The number of carbonyl (C=O) groups is 1. The summed E-state index contributed by atoms with van der Waals surface area (Å²) in [6.45, 7) is 4.07. The Kier molecular flexibility index (Phi) is 5.73. The molecule has 0 spiro atoms. The summed E-state index contributed by atoms with van der Waals surface area (Å²) in [5.74, 6) is -0.819. The number of allylic oxidation sites excluding steroid dienone is 2. The van der Waals surface area contributed by atoms with Crippen LogP contribution in [-0.4, -0.2) is 10.7 Å². The quantitative estimate of drug-likeness (QED) is 0.481. The molecule has 0 N–H and O–H groups in total. The minimum absolute atomic E-state index is 0.0569. The number of hydrogen-bond donors (Lipinski definition) is 0. The van der Waals surface area contributed by atoms with Crippen molar-refractivity contribution in [2.75, 3.05) is 0 Å². The van der Waals surface area contributed by atoms with Crippen LogP contribution >= 0.6 is 0 Å². The molecular formula is C23H24FNO3. The Balaban J connectivity index is 2.03. The normalized spacial score (nSPS) is 18.2. The second-order valence-corrected chi connectivity index (χ2v) is 8.29. The van der Waals surface area contributed by atoms with E-state index in [1.165, 1.54) is 12.1 Å². The molecule has 0 unspecified atom stereocenters. The molecule has 146 valence electrons. The number of rotatable bonds is 6. The first-order valence-electron chi connectivity index (χ1n) is 9.41. The smallest absolute Gasteiger partial charge is 0.245 e. The van der Waals surface area contributed by atoms with Crippen molar-refractivity contribution in [1.82, 2.24) is 0 Å². The number of nitro groups is 1. The van der Waals surface area contributed by atoms with Gasteiger partial charge in [-0.15, -0.1) is 0 Å². The summed E-state index contributed by atoms with van der Waals surface area (Å²) in [5.41, 5.74) is 2.05. The second-order valence-electron chi connectivity index (χ2n) is 8.29. The van der Waals surface area contributed by atoms with Gasteiger partial charge in [0.25, 0.3) is 0 Å². The summed E-state index contributed by atoms with van der Waals surface area (Å²) in [6, 6.07) is 13.8. The zero-order valence-electron chi connectivity index (χ0n) is 16.1. The molecule has 4 nitrogen and oxygen atoms in total. The summed E-state index contributed by atoms with van der Waals surface area (Å²) in [5, 5.41) is 12.1. The molecule has 0 heterocycles. The van der Waals surface area contributed by atoms with Gasteiger partial charge in [0.05, 0.1) is 5.92 Å². The molecule has 0 bridgehead atoms. The van der Waals surface area contributed by atoms with E-state index in [-0.39, 0.29) is 21.9 Å². The number of ketones is 1. The number of nitrogens with zero attached hydrogens (tertiary/aromatic N) is 1. The van der Waals surface area contributed by atoms with E-state index in [1.54, 1.807) is 42.5 Å². The maximum Gasteiger partial charge on any atom is 0.245 e. The summed E-state index contributed by atoms with van der Waals surface area (Å²) in [6.07, 6.45) is 3.23. The summed E-state index contributed by atoms with van der Waals surface area (Å²) in [4.78, 5) is 23.9. The topological polar surface area (TPSA) is 60.2 Å². The average molecular weight is 381 g/mol. The molecule has 0 amide bonds. The fourth-order valence-corrected chi connectivity index (χ4v) is 4.17. The van der Waals surface area contributed by atoms with Gasteiger partial charge in [-0.1, -0.05) is 61.9 Å². The fraction of sp³-hybridized carbons (Fsp3) is 0.348. The number of halogens is 1. The summed E-state index contributed by atoms with van der Waals surface area (Å²) in [7, 11) is 0. The molecule has 0 saturated carbocycles. The molecule has 2 aromatic carbocycles. The first kappa shape index (κ1) is 19.9. The Bertz CT molecular complexity index is 888. The summed E-state index contributed by atoms with van der Waals surface area (Å²) < 4.78 is 13.5. The molecule has 0 aliphatic heterocycles. The van der Waals surface area contributed by atoms with Crippen molar-refractivity contribution in [1.29, 1.82) is 0 Å². The van der Waals surface area contributed by atoms with Crippen molar-refractivity contribution >= 4 is 5.78 Å². The van der Waals surface area contributed by atoms with Crippen LogP contribution < -0.4 is 0 Å². The van der Waals surface area contributed by atoms with Crippen molar-refractivity contribution in [2.24, 2.45) is 5.41 Å². The van der Waals surface area contributed by atoms with E-state index < -0.39 is 12.0 Å². The third kappa shape index (κ3) is 4.71. The van der Waals surface area contributed by atoms with Gasteiger partial charge in [0, 0.05) is 16.9 Å². The predicted molar refractivity (Wildman–Crippen MR) is 106 cm³/mol. The fourth-order valence-electron chi connectivity index (χ4n) is 4.17. The van der Waals surface area contributed by atoms with Crippen molar-refractivity contribution in [2.45, 2.75) is 45.1 Å². The van der Waals surface area contributed by atoms with E-state index in [9.17, 15) is 19.3 Å². The zero-order valence-corrected chi connectivity index (χ0v) is 16.1. The van der Waals surface area contributed by atoms with Crippen molar-refractivity contribution in [3.05, 3.63) is 93.3 Å². The molecule has 0 fully saturated rings. The molecule has 1 aliphatic rings. The van der Waals surface area contributed by atoms with Gasteiger partial charge in [-0.3, -0.25) is 14.9 Å². The Labute approximate surface area is 164 Å². The SMILES string of the molecule is CC1(C)CC(=O)C=C(C[C@H](c2ccc(F)cc2)[C@H](c2ccccc2)[N+](=O)[O-])C1. The van der Waals surface area contributed by atoms with Crippen molar-refractivity contribution < 1.29 is 14.1 Å². The van der Waals surface area contributed by atoms with Crippen LogP contribution in [0.1, 0.15) is 56.2 Å². The second kappa shape index (κ2) is 8.05.